The van der Waals surface area contributed by atoms with Crippen LogP contribution in [0.3, 0.4) is 0 Å². The van der Waals surface area contributed by atoms with Gasteiger partial charge in [0.2, 0.25) is 0 Å². The molecule has 3 nitrogen and oxygen atoms in total. The summed E-state index contributed by atoms with van der Waals surface area (Å²) < 4.78 is 27.6. The molecule has 0 spiro atoms. The lowest BCUT2D eigenvalue weighted by Crippen LogP contribution is -2.19. The van der Waals surface area contributed by atoms with E-state index >= 15 is 0 Å². The Labute approximate surface area is 109 Å². The van der Waals surface area contributed by atoms with Gasteiger partial charge in [0.15, 0.2) is 17.4 Å². The lowest BCUT2D eigenvalue weighted by atomic mass is 10.1. The van der Waals surface area contributed by atoms with Gasteiger partial charge in [-0.05, 0) is 45.0 Å². The molecule has 0 amide bonds. The number of ketones is 1. The summed E-state index contributed by atoms with van der Waals surface area (Å²) in [5.41, 5.74) is 1.79. The Kier molecular flexibility index (Phi) is 3.46. The highest BCUT2D eigenvalue weighted by atomic mass is 19.2. The number of carbonyl (C=O) groups excluding carboxylic acids is 1. The third-order valence-electron chi connectivity index (χ3n) is 3.00. The van der Waals surface area contributed by atoms with E-state index in [1.165, 1.54) is 6.07 Å². The zero-order valence-electron chi connectivity index (χ0n) is 10.9. The van der Waals surface area contributed by atoms with Crippen LogP contribution >= 0.6 is 0 Å². The Morgan fingerprint density at radius 2 is 1.89 bits per heavy atom. The highest BCUT2D eigenvalue weighted by Gasteiger charge is 2.20. The van der Waals surface area contributed by atoms with Crippen LogP contribution in [-0.2, 0) is 0 Å². The molecule has 0 aliphatic heterocycles. The monoisotopic (exact) mass is 264 g/mol. The Morgan fingerprint density at radius 3 is 2.42 bits per heavy atom. The molecule has 2 aromatic rings. The van der Waals surface area contributed by atoms with E-state index in [1.54, 1.807) is 11.6 Å². The van der Waals surface area contributed by atoms with E-state index in [0.29, 0.717) is 0 Å². The second kappa shape index (κ2) is 4.91. The first-order chi connectivity index (χ1) is 8.90. The Bertz CT molecular complexity index is 634. The molecular weight excluding hydrogens is 250 g/mol. The maximum Gasteiger partial charge on any atom is 0.187 e. The van der Waals surface area contributed by atoms with Crippen molar-refractivity contribution in [3.8, 4) is 0 Å². The minimum atomic E-state index is -1.02. The van der Waals surface area contributed by atoms with Gasteiger partial charge in [0, 0.05) is 11.3 Å². The number of carbonyl (C=O) groups is 1. The van der Waals surface area contributed by atoms with Crippen molar-refractivity contribution in [2.45, 2.75) is 26.8 Å². The normalized spacial score (nSPS) is 12.5. The van der Waals surface area contributed by atoms with E-state index in [0.717, 1.165) is 23.5 Å². The van der Waals surface area contributed by atoms with Gasteiger partial charge < -0.3 is 0 Å². The van der Waals surface area contributed by atoms with Crippen molar-refractivity contribution in [2.75, 3.05) is 0 Å². The van der Waals surface area contributed by atoms with Gasteiger partial charge in [-0.2, -0.15) is 5.10 Å². The predicted octanol–water partition coefficient (Wildman–Crippen LogP) is 3.22. The number of Topliss-reactive ketones (excluding diaryl/α,β-unsaturated/α-hetero) is 1. The van der Waals surface area contributed by atoms with E-state index in [1.807, 2.05) is 19.9 Å². The van der Waals surface area contributed by atoms with Crippen LogP contribution in [0.4, 0.5) is 8.78 Å². The van der Waals surface area contributed by atoms with Crippen LogP contribution in [-0.4, -0.2) is 15.6 Å². The topological polar surface area (TPSA) is 34.9 Å². The third kappa shape index (κ3) is 2.54. The summed E-state index contributed by atoms with van der Waals surface area (Å²) in [6.45, 7) is 5.36. The molecular formula is C14H14F2N2O. The van der Waals surface area contributed by atoms with Crippen LogP contribution < -0.4 is 0 Å². The number of benzene rings is 1. The molecule has 1 aromatic carbocycles. The highest BCUT2D eigenvalue weighted by Crippen LogP contribution is 2.18. The molecule has 0 aliphatic carbocycles. The summed E-state index contributed by atoms with van der Waals surface area (Å²) in [7, 11) is 0. The van der Waals surface area contributed by atoms with Crippen molar-refractivity contribution in [3.05, 3.63) is 52.9 Å². The molecule has 1 atom stereocenters. The summed E-state index contributed by atoms with van der Waals surface area (Å²) in [5, 5.41) is 4.22. The molecule has 1 heterocycles. The van der Waals surface area contributed by atoms with Gasteiger partial charge in [0.1, 0.15) is 6.04 Å². The van der Waals surface area contributed by atoms with Gasteiger partial charge in [-0.3, -0.25) is 9.48 Å². The van der Waals surface area contributed by atoms with Gasteiger partial charge in [-0.1, -0.05) is 0 Å². The molecule has 100 valence electrons. The summed E-state index contributed by atoms with van der Waals surface area (Å²) in [4.78, 5) is 12.2. The van der Waals surface area contributed by atoms with Gasteiger partial charge in [0.25, 0.3) is 0 Å². The van der Waals surface area contributed by atoms with Gasteiger partial charge in [0.05, 0.1) is 5.69 Å². The zero-order chi connectivity index (χ0) is 14.2. The molecule has 0 fully saturated rings. The first kappa shape index (κ1) is 13.4. The molecule has 0 aliphatic rings. The summed E-state index contributed by atoms with van der Waals surface area (Å²) >= 11 is 0. The summed E-state index contributed by atoms with van der Waals surface area (Å²) in [6, 6.07) is 4.45. The molecule has 0 bridgehead atoms. The minimum Gasteiger partial charge on any atom is -0.292 e. The van der Waals surface area contributed by atoms with E-state index in [4.69, 9.17) is 0 Å². The number of aryl methyl sites for hydroxylation is 2. The van der Waals surface area contributed by atoms with E-state index < -0.39 is 17.7 Å². The number of halogens is 2. The molecule has 5 heteroatoms. The van der Waals surface area contributed by atoms with Crippen molar-refractivity contribution in [3.63, 3.8) is 0 Å². The van der Waals surface area contributed by atoms with Crippen molar-refractivity contribution in [1.82, 2.24) is 9.78 Å². The second-order valence-corrected chi connectivity index (χ2v) is 4.54. The fraction of sp³-hybridized carbons (Fsp3) is 0.286. The predicted molar refractivity (Wildman–Crippen MR) is 67.1 cm³/mol. The number of aromatic nitrogens is 2. The average Bonchev–Trinajstić information content (AvgIpc) is 2.70. The fourth-order valence-electron chi connectivity index (χ4n) is 2.04. The van der Waals surface area contributed by atoms with Crippen LogP contribution in [0.2, 0.25) is 0 Å². The summed E-state index contributed by atoms with van der Waals surface area (Å²) in [5.74, 6) is -2.29. The molecule has 0 radical (unpaired) electrons. The lowest BCUT2D eigenvalue weighted by Gasteiger charge is -2.13. The van der Waals surface area contributed by atoms with Crippen LogP contribution in [0.25, 0.3) is 0 Å². The number of nitrogens with zero attached hydrogens (tertiary/aromatic N) is 2. The van der Waals surface area contributed by atoms with Crippen molar-refractivity contribution in [1.29, 1.82) is 0 Å². The molecule has 0 saturated carbocycles. The van der Waals surface area contributed by atoms with Crippen LogP contribution in [0.5, 0.6) is 0 Å². The van der Waals surface area contributed by atoms with Crippen LogP contribution in [0.15, 0.2) is 24.3 Å². The van der Waals surface area contributed by atoms with E-state index in [9.17, 15) is 13.6 Å². The Hall–Kier alpha value is -2.04. The number of rotatable bonds is 3. The maximum absolute atomic E-state index is 13.1. The first-order valence-corrected chi connectivity index (χ1v) is 5.92. The first-order valence-electron chi connectivity index (χ1n) is 5.92. The molecule has 2 rings (SSSR count). The van der Waals surface area contributed by atoms with Crippen LogP contribution in [0, 0.1) is 25.5 Å². The maximum atomic E-state index is 13.1. The van der Waals surface area contributed by atoms with Crippen molar-refractivity contribution in [2.24, 2.45) is 0 Å². The Balaban J connectivity index is 2.33. The second-order valence-electron chi connectivity index (χ2n) is 4.54. The fourth-order valence-corrected chi connectivity index (χ4v) is 2.04. The van der Waals surface area contributed by atoms with Gasteiger partial charge in [-0.25, -0.2) is 8.78 Å². The quantitative estimate of drug-likeness (QED) is 0.798. The highest BCUT2D eigenvalue weighted by molar-refractivity contribution is 5.98. The molecule has 1 aromatic heterocycles. The number of hydrogen-bond donors (Lipinski definition) is 0. The molecule has 19 heavy (non-hydrogen) atoms. The molecule has 1 unspecified atom stereocenters. The number of hydrogen-bond acceptors (Lipinski definition) is 2. The Morgan fingerprint density at radius 1 is 1.21 bits per heavy atom. The minimum absolute atomic E-state index is 0.138. The zero-order valence-corrected chi connectivity index (χ0v) is 10.9. The smallest absolute Gasteiger partial charge is 0.187 e. The average molecular weight is 264 g/mol. The SMILES string of the molecule is Cc1cc(C)n(C(C)C(=O)c2ccc(F)c(F)c2)n1. The standard InChI is InChI=1S/C14H14F2N2O/c1-8-6-9(2)18(17-8)10(3)14(19)11-4-5-12(15)13(16)7-11/h4-7,10H,1-3H3. The molecule has 0 N–H and O–H groups in total. The largest absolute Gasteiger partial charge is 0.292 e. The van der Waals surface area contributed by atoms with Crippen molar-refractivity contribution < 1.29 is 13.6 Å². The lowest BCUT2D eigenvalue weighted by molar-refractivity contribution is 0.0926. The third-order valence-corrected chi connectivity index (χ3v) is 3.00. The molecule has 0 saturated heterocycles. The van der Waals surface area contributed by atoms with E-state index in [2.05, 4.69) is 5.10 Å². The summed E-state index contributed by atoms with van der Waals surface area (Å²) in [6.07, 6.45) is 0. The van der Waals surface area contributed by atoms with Gasteiger partial charge >= 0.3 is 0 Å². The van der Waals surface area contributed by atoms with Gasteiger partial charge in [-0.15, -0.1) is 0 Å². The van der Waals surface area contributed by atoms with Crippen LogP contribution in [0.1, 0.15) is 34.7 Å². The van der Waals surface area contributed by atoms with E-state index in [-0.39, 0.29) is 11.3 Å². The van der Waals surface area contributed by atoms with Crippen molar-refractivity contribution >= 4 is 5.78 Å².